The predicted molar refractivity (Wildman–Crippen MR) is 91.2 cm³/mol. The SMILES string of the molecule is COc1ccc2ccccc2c1Cn1cnc2nccnc2c1=O. The maximum absolute atomic E-state index is 12.6. The van der Waals surface area contributed by atoms with E-state index in [-0.39, 0.29) is 11.1 Å². The highest BCUT2D eigenvalue weighted by Crippen LogP contribution is 2.28. The van der Waals surface area contributed by atoms with Gasteiger partial charge in [0.25, 0.3) is 5.56 Å². The summed E-state index contributed by atoms with van der Waals surface area (Å²) in [5.74, 6) is 0.736. The zero-order valence-electron chi connectivity index (χ0n) is 13.0. The third-order valence-electron chi connectivity index (χ3n) is 4.01. The van der Waals surface area contributed by atoms with E-state index in [0.717, 1.165) is 22.1 Å². The lowest BCUT2D eigenvalue weighted by atomic mass is 10.0. The van der Waals surface area contributed by atoms with Crippen molar-refractivity contribution >= 4 is 21.9 Å². The average Bonchev–Trinajstić information content (AvgIpc) is 2.64. The fourth-order valence-corrected chi connectivity index (χ4v) is 2.84. The molecule has 0 radical (unpaired) electrons. The third-order valence-corrected chi connectivity index (χ3v) is 4.01. The normalized spacial score (nSPS) is 11.0. The molecule has 2 heterocycles. The molecule has 0 atom stereocenters. The van der Waals surface area contributed by atoms with E-state index in [1.54, 1.807) is 7.11 Å². The van der Waals surface area contributed by atoms with E-state index in [0.29, 0.717) is 12.2 Å². The molecule has 0 unspecified atom stereocenters. The van der Waals surface area contributed by atoms with Crippen molar-refractivity contribution in [1.29, 1.82) is 0 Å². The van der Waals surface area contributed by atoms with Crippen molar-refractivity contribution < 1.29 is 4.74 Å². The second-order valence-corrected chi connectivity index (χ2v) is 5.37. The number of fused-ring (bicyclic) bond motifs is 2. The Hall–Kier alpha value is -3.28. The summed E-state index contributed by atoms with van der Waals surface area (Å²) in [5.41, 5.74) is 1.33. The minimum Gasteiger partial charge on any atom is -0.496 e. The number of hydrogen-bond acceptors (Lipinski definition) is 5. The van der Waals surface area contributed by atoms with Crippen molar-refractivity contribution in [3.63, 3.8) is 0 Å². The first-order valence-electron chi connectivity index (χ1n) is 7.48. The van der Waals surface area contributed by atoms with Crippen LogP contribution in [0.3, 0.4) is 0 Å². The third kappa shape index (κ3) is 2.28. The molecule has 118 valence electrons. The summed E-state index contributed by atoms with van der Waals surface area (Å²) >= 11 is 0. The van der Waals surface area contributed by atoms with Crippen molar-refractivity contribution in [3.8, 4) is 5.75 Å². The van der Waals surface area contributed by atoms with Crippen LogP contribution in [0.25, 0.3) is 21.9 Å². The van der Waals surface area contributed by atoms with Crippen LogP contribution in [0.2, 0.25) is 0 Å². The van der Waals surface area contributed by atoms with Gasteiger partial charge in [-0.25, -0.2) is 15.0 Å². The maximum Gasteiger partial charge on any atom is 0.281 e. The van der Waals surface area contributed by atoms with Crippen LogP contribution in [0.5, 0.6) is 5.75 Å². The molecular weight excluding hydrogens is 304 g/mol. The molecule has 0 aliphatic heterocycles. The van der Waals surface area contributed by atoms with Gasteiger partial charge in [0.2, 0.25) is 0 Å². The molecule has 0 bridgehead atoms. The lowest BCUT2D eigenvalue weighted by Gasteiger charge is -2.13. The Morgan fingerprint density at radius 2 is 1.88 bits per heavy atom. The van der Waals surface area contributed by atoms with Crippen LogP contribution in [0, 0.1) is 0 Å². The van der Waals surface area contributed by atoms with Crippen LogP contribution in [-0.4, -0.2) is 26.6 Å². The van der Waals surface area contributed by atoms with Gasteiger partial charge in [0.15, 0.2) is 11.2 Å². The molecule has 0 aliphatic carbocycles. The lowest BCUT2D eigenvalue weighted by Crippen LogP contribution is -2.22. The van der Waals surface area contributed by atoms with E-state index >= 15 is 0 Å². The number of rotatable bonds is 3. The van der Waals surface area contributed by atoms with Gasteiger partial charge in [0.05, 0.1) is 13.7 Å². The highest BCUT2D eigenvalue weighted by atomic mass is 16.5. The molecule has 0 aliphatic rings. The molecular formula is C18H14N4O2. The highest BCUT2D eigenvalue weighted by molar-refractivity contribution is 5.87. The van der Waals surface area contributed by atoms with Crippen LogP contribution in [0.15, 0.2) is 59.9 Å². The van der Waals surface area contributed by atoms with Gasteiger partial charge in [0.1, 0.15) is 12.1 Å². The fourth-order valence-electron chi connectivity index (χ4n) is 2.84. The quantitative estimate of drug-likeness (QED) is 0.580. The Kier molecular flexibility index (Phi) is 3.42. The van der Waals surface area contributed by atoms with Gasteiger partial charge < -0.3 is 4.74 Å². The molecule has 0 saturated heterocycles. The molecule has 6 heteroatoms. The number of benzene rings is 2. The van der Waals surface area contributed by atoms with Crippen LogP contribution in [0.1, 0.15) is 5.56 Å². The monoisotopic (exact) mass is 318 g/mol. The first kappa shape index (κ1) is 14.3. The summed E-state index contributed by atoms with van der Waals surface area (Å²) in [6.07, 6.45) is 4.52. The van der Waals surface area contributed by atoms with Gasteiger partial charge in [-0.2, -0.15) is 0 Å². The standard InChI is InChI=1S/C18H14N4O2/c1-24-15-7-6-12-4-2-3-5-13(12)14(15)10-22-11-21-17-16(18(22)23)19-8-9-20-17/h2-9,11H,10H2,1H3. The summed E-state index contributed by atoms with van der Waals surface area (Å²) in [4.78, 5) is 25.0. The predicted octanol–water partition coefficient (Wildman–Crippen LogP) is 2.40. The smallest absolute Gasteiger partial charge is 0.281 e. The molecule has 2 aromatic heterocycles. The molecule has 4 aromatic rings. The Morgan fingerprint density at radius 3 is 2.75 bits per heavy atom. The van der Waals surface area contributed by atoms with Crippen molar-refractivity contribution in [2.75, 3.05) is 7.11 Å². The zero-order valence-corrected chi connectivity index (χ0v) is 13.0. The summed E-state index contributed by atoms with van der Waals surface area (Å²) in [5, 5.41) is 2.14. The second kappa shape index (κ2) is 5.73. The molecule has 4 rings (SSSR count). The van der Waals surface area contributed by atoms with Gasteiger partial charge in [-0.1, -0.05) is 30.3 Å². The molecule has 2 aromatic carbocycles. The Balaban J connectivity index is 1.91. The van der Waals surface area contributed by atoms with Gasteiger partial charge in [-0.15, -0.1) is 0 Å². The van der Waals surface area contributed by atoms with Crippen molar-refractivity contribution in [1.82, 2.24) is 19.5 Å². The zero-order chi connectivity index (χ0) is 16.5. The van der Waals surface area contributed by atoms with Gasteiger partial charge in [-0.05, 0) is 16.8 Å². The maximum atomic E-state index is 12.6. The van der Waals surface area contributed by atoms with Crippen molar-refractivity contribution in [2.24, 2.45) is 0 Å². The number of nitrogens with zero attached hydrogens (tertiary/aromatic N) is 4. The van der Waals surface area contributed by atoms with Gasteiger partial charge in [0, 0.05) is 18.0 Å². The van der Waals surface area contributed by atoms with Crippen LogP contribution < -0.4 is 10.3 Å². The van der Waals surface area contributed by atoms with E-state index in [2.05, 4.69) is 15.0 Å². The number of aromatic nitrogens is 4. The second-order valence-electron chi connectivity index (χ2n) is 5.37. The molecule has 0 spiro atoms. The molecule has 24 heavy (non-hydrogen) atoms. The Labute approximate surface area is 137 Å². The fraction of sp³-hybridized carbons (Fsp3) is 0.111. The van der Waals surface area contributed by atoms with E-state index < -0.39 is 0 Å². The Morgan fingerprint density at radius 1 is 1.04 bits per heavy atom. The van der Waals surface area contributed by atoms with E-state index in [1.165, 1.54) is 23.3 Å². The van der Waals surface area contributed by atoms with E-state index in [1.807, 2.05) is 36.4 Å². The summed E-state index contributed by atoms with van der Waals surface area (Å²) in [7, 11) is 1.63. The van der Waals surface area contributed by atoms with Crippen LogP contribution in [-0.2, 0) is 6.54 Å². The number of methoxy groups -OCH3 is 1. The minimum atomic E-state index is -0.219. The van der Waals surface area contributed by atoms with Gasteiger partial charge in [-0.3, -0.25) is 9.36 Å². The molecule has 0 saturated carbocycles. The van der Waals surface area contributed by atoms with Crippen molar-refractivity contribution in [3.05, 3.63) is 71.0 Å². The number of hydrogen-bond donors (Lipinski definition) is 0. The number of ether oxygens (including phenoxy) is 1. The molecule has 0 amide bonds. The van der Waals surface area contributed by atoms with Gasteiger partial charge >= 0.3 is 0 Å². The van der Waals surface area contributed by atoms with E-state index in [9.17, 15) is 4.79 Å². The Bertz CT molecular complexity index is 1100. The summed E-state index contributed by atoms with van der Waals surface area (Å²) < 4.78 is 7.02. The first-order valence-corrected chi connectivity index (χ1v) is 7.48. The average molecular weight is 318 g/mol. The minimum absolute atomic E-state index is 0.219. The molecule has 0 fully saturated rings. The molecule has 6 nitrogen and oxygen atoms in total. The van der Waals surface area contributed by atoms with Crippen LogP contribution in [0.4, 0.5) is 0 Å². The first-order chi connectivity index (χ1) is 11.8. The van der Waals surface area contributed by atoms with Crippen molar-refractivity contribution in [2.45, 2.75) is 6.54 Å². The lowest BCUT2D eigenvalue weighted by molar-refractivity contribution is 0.409. The summed E-state index contributed by atoms with van der Waals surface area (Å²) in [6, 6.07) is 11.9. The summed E-state index contributed by atoms with van der Waals surface area (Å²) in [6.45, 7) is 0.350. The largest absolute Gasteiger partial charge is 0.496 e. The molecule has 0 N–H and O–H groups in total. The van der Waals surface area contributed by atoms with E-state index in [4.69, 9.17) is 4.74 Å². The van der Waals surface area contributed by atoms with Crippen LogP contribution >= 0.6 is 0 Å². The topological polar surface area (TPSA) is 69.9 Å². The highest BCUT2D eigenvalue weighted by Gasteiger charge is 2.12.